The van der Waals surface area contributed by atoms with Gasteiger partial charge < -0.3 is 15.2 Å². The molecule has 242 valence electrons. The van der Waals surface area contributed by atoms with E-state index in [1.807, 2.05) is 65.0 Å². The lowest BCUT2D eigenvalue weighted by atomic mass is 9.91. The van der Waals surface area contributed by atoms with Gasteiger partial charge in [0.25, 0.3) is 5.91 Å². The summed E-state index contributed by atoms with van der Waals surface area (Å²) in [6.45, 7) is 10.6. The number of sulfone groups is 1. The van der Waals surface area contributed by atoms with Gasteiger partial charge in [-0.25, -0.2) is 13.4 Å². The number of nitrogens with one attached hydrogen (secondary N) is 3. The molecule has 0 aliphatic carbocycles. The van der Waals surface area contributed by atoms with Crippen LogP contribution in [0.1, 0.15) is 65.0 Å². The van der Waals surface area contributed by atoms with Crippen LogP contribution in [0.3, 0.4) is 0 Å². The predicted molar refractivity (Wildman–Crippen MR) is 169 cm³/mol. The molecule has 0 aromatic heterocycles. The van der Waals surface area contributed by atoms with Crippen LogP contribution in [0.5, 0.6) is 5.75 Å². The van der Waals surface area contributed by atoms with Crippen LogP contribution in [0.2, 0.25) is 0 Å². The first-order valence-electron chi connectivity index (χ1n) is 15.6. The van der Waals surface area contributed by atoms with Crippen LogP contribution in [-0.2, 0) is 32.3 Å². The summed E-state index contributed by atoms with van der Waals surface area (Å²) < 4.78 is 33.2. The molecule has 44 heavy (non-hydrogen) atoms. The molecule has 11 heteroatoms. The van der Waals surface area contributed by atoms with Gasteiger partial charge in [-0.05, 0) is 66.5 Å². The lowest BCUT2D eigenvalue weighted by Gasteiger charge is -2.37. The molecule has 4 atom stereocenters. The number of hydrogen-bond donors (Lipinski definition) is 4. The number of benzene rings is 2. The van der Waals surface area contributed by atoms with Gasteiger partial charge in [0.05, 0.1) is 29.7 Å². The molecular formula is C33H48N4O6S. The van der Waals surface area contributed by atoms with Crippen LogP contribution in [0, 0.1) is 11.3 Å². The lowest BCUT2D eigenvalue weighted by molar-refractivity contribution is -0.149. The van der Waals surface area contributed by atoms with Gasteiger partial charge in [-0.2, -0.15) is 0 Å². The quantitative estimate of drug-likeness (QED) is 0.264. The smallest absolute Gasteiger partial charge is 0.255 e. The first-order chi connectivity index (χ1) is 20.8. The van der Waals surface area contributed by atoms with Gasteiger partial charge in [-0.1, -0.05) is 65.0 Å². The van der Waals surface area contributed by atoms with E-state index in [0.717, 1.165) is 24.1 Å². The van der Waals surface area contributed by atoms with Crippen molar-refractivity contribution in [2.24, 2.45) is 11.3 Å². The Morgan fingerprint density at radius 3 is 2.50 bits per heavy atom. The van der Waals surface area contributed by atoms with Crippen molar-refractivity contribution in [1.82, 2.24) is 21.1 Å². The van der Waals surface area contributed by atoms with Crippen LogP contribution in [0.15, 0.2) is 53.4 Å². The number of ether oxygens (including phenoxy) is 1. The Morgan fingerprint density at radius 1 is 1.14 bits per heavy atom. The van der Waals surface area contributed by atoms with Crippen molar-refractivity contribution in [3.8, 4) is 5.75 Å². The molecule has 2 aromatic carbocycles. The van der Waals surface area contributed by atoms with Crippen LogP contribution < -0.4 is 20.8 Å². The van der Waals surface area contributed by atoms with Crippen molar-refractivity contribution in [3.63, 3.8) is 0 Å². The summed E-state index contributed by atoms with van der Waals surface area (Å²) in [4.78, 5) is 27.3. The molecule has 2 amide bonds. The fraction of sp³-hybridized carbons (Fsp3) is 0.576. The normalized spacial score (nSPS) is 18.8. The Kier molecular flexibility index (Phi) is 11.1. The Balaban J connectivity index is 1.61. The SMILES string of the molecule is CC(C)C(NC[C@@H](O)[C@H](Cc1ccccc1)N(NC(=O)C1CCCN1)C(=O)CC(C)(C)C)S(=O)(=O)c1ccc2c(c1)CCO2. The number of rotatable bonds is 12. The van der Waals surface area contributed by atoms with Crippen LogP contribution in [0.25, 0.3) is 0 Å². The number of aliphatic hydroxyl groups excluding tert-OH is 1. The van der Waals surface area contributed by atoms with Crippen molar-refractivity contribution in [2.75, 3.05) is 19.7 Å². The molecule has 0 radical (unpaired) electrons. The molecule has 4 N–H and O–H groups in total. The second kappa shape index (κ2) is 14.4. The Hall–Kier alpha value is -2.99. The summed E-state index contributed by atoms with van der Waals surface area (Å²) >= 11 is 0. The van der Waals surface area contributed by atoms with E-state index in [-0.39, 0.29) is 47.4 Å². The highest BCUT2D eigenvalue weighted by Crippen LogP contribution is 2.30. The summed E-state index contributed by atoms with van der Waals surface area (Å²) in [5, 5.41) is 18.3. The topological polar surface area (TPSA) is 137 Å². The van der Waals surface area contributed by atoms with Gasteiger partial charge in [0.15, 0.2) is 9.84 Å². The minimum Gasteiger partial charge on any atom is -0.493 e. The zero-order valence-electron chi connectivity index (χ0n) is 26.5. The number of aliphatic hydroxyl groups is 1. The zero-order chi connectivity index (χ0) is 32.1. The third-order valence-corrected chi connectivity index (χ3v) is 10.4. The highest BCUT2D eigenvalue weighted by molar-refractivity contribution is 7.92. The highest BCUT2D eigenvalue weighted by Gasteiger charge is 2.37. The van der Waals surface area contributed by atoms with Crippen LogP contribution >= 0.6 is 0 Å². The van der Waals surface area contributed by atoms with E-state index in [2.05, 4.69) is 16.1 Å². The first kappa shape index (κ1) is 33.9. The highest BCUT2D eigenvalue weighted by atomic mass is 32.2. The lowest BCUT2D eigenvalue weighted by Crippen LogP contribution is -2.61. The molecule has 2 aliphatic rings. The summed E-state index contributed by atoms with van der Waals surface area (Å²) in [5.41, 5.74) is 4.19. The van der Waals surface area contributed by atoms with Gasteiger partial charge in [0, 0.05) is 19.4 Å². The van der Waals surface area contributed by atoms with Crippen molar-refractivity contribution in [2.45, 2.75) is 95.2 Å². The van der Waals surface area contributed by atoms with Gasteiger partial charge in [0.2, 0.25) is 5.91 Å². The molecule has 0 saturated carbocycles. The van der Waals surface area contributed by atoms with Crippen molar-refractivity contribution in [3.05, 3.63) is 59.7 Å². The molecule has 2 aliphatic heterocycles. The zero-order valence-corrected chi connectivity index (χ0v) is 27.3. The molecular weight excluding hydrogens is 580 g/mol. The van der Waals surface area contributed by atoms with Gasteiger partial charge >= 0.3 is 0 Å². The number of nitrogens with zero attached hydrogens (tertiary/aromatic N) is 1. The number of amides is 2. The van der Waals surface area contributed by atoms with E-state index in [1.54, 1.807) is 18.2 Å². The van der Waals surface area contributed by atoms with Crippen molar-refractivity contribution < 1.29 is 27.9 Å². The third kappa shape index (κ3) is 8.59. The van der Waals surface area contributed by atoms with Gasteiger partial charge in [0.1, 0.15) is 11.1 Å². The maximum atomic E-state index is 13.8. The van der Waals surface area contributed by atoms with E-state index < -0.39 is 33.4 Å². The molecule has 1 saturated heterocycles. The number of carbonyl (C=O) groups excluding carboxylic acids is 2. The number of hydrazine groups is 1. The predicted octanol–water partition coefficient (Wildman–Crippen LogP) is 2.99. The molecule has 2 heterocycles. The van der Waals surface area contributed by atoms with Crippen molar-refractivity contribution >= 4 is 21.7 Å². The number of fused-ring (bicyclic) bond motifs is 1. The van der Waals surface area contributed by atoms with E-state index in [0.29, 0.717) is 25.2 Å². The van der Waals surface area contributed by atoms with E-state index >= 15 is 0 Å². The van der Waals surface area contributed by atoms with Gasteiger partial charge in [-0.3, -0.25) is 20.3 Å². The van der Waals surface area contributed by atoms with E-state index in [4.69, 9.17) is 4.74 Å². The summed E-state index contributed by atoms with van der Waals surface area (Å²) in [6.07, 6.45) is 1.35. The first-order valence-corrected chi connectivity index (χ1v) is 17.1. The molecule has 0 spiro atoms. The number of carbonyl (C=O) groups is 2. The standard InChI is InChI=1S/C33H48N4O6S/c1-22(2)32(44(41,42)25-13-14-29-24(19-25)15-17-43-29)35-21-28(38)27(18-23-10-7-6-8-11-23)37(30(39)20-33(3,4)5)36-31(40)26-12-9-16-34-26/h6-8,10-11,13-14,19,22,26-28,32,34-35,38H,9,12,15-18,20-21H2,1-5H3,(H,36,40)/t26?,27-,28+,32?/m0/s1. The Labute approximate surface area is 261 Å². The van der Waals surface area contributed by atoms with E-state index in [1.165, 1.54) is 5.01 Å². The van der Waals surface area contributed by atoms with Crippen LogP contribution in [-0.4, -0.2) is 73.6 Å². The van der Waals surface area contributed by atoms with E-state index in [9.17, 15) is 23.1 Å². The van der Waals surface area contributed by atoms with Gasteiger partial charge in [-0.15, -0.1) is 0 Å². The summed E-state index contributed by atoms with van der Waals surface area (Å²) in [7, 11) is -3.83. The number of hydrogen-bond acceptors (Lipinski definition) is 8. The second-order valence-electron chi connectivity index (χ2n) is 13.4. The minimum absolute atomic E-state index is 0.121. The second-order valence-corrected chi connectivity index (χ2v) is 15.5. The molecule has 0 bridgehead atoms. The maximum absolute atomic E-state index is 13.8. The third-order valence-electron chi connectivity index (χ3n) is 8.08. The molecule has 2 aromatic rings. The van der Waals surface area contributed by atoms with Crippen molar-refractivity contribution in [1.29, 1.82) is 0 Å². The Bertz CT molecular complexity index is 1390. The fourth-order valence-electron chi connectivity index (χ4n) is 5.79. The monoisotopic (exact) mass is 628 g/mol. The maximum Gasteiger partial charge on any atom is 0.255 e. The summed E-state index contributed by atoms with van der Waals surface area (Å²) in [5.74, 6) is -0.272. The molecule has 2 unspecified atom stereocenters. The molecule has 1 fully saturated rings. The Morgan fingerprint density at radius 2 is 1.86 bits per heavy atom. The molecule has 10 nitrogen and oxygen atoms in total. The average molecular weight is 629 g/mol. The average Bonchev–Trinajstić information content (AvgIpc) is 3.66. The fourth-order valence-corrected chi connectivity index (χ4v) is 7.68. The molecule has 4 rings (SSSR count). The minimum atomic E-state index is -3.83. The summed E-state index contributed by atoms with van der Waals surface area (Å²) in [6, 6.07) is 13.1. The largest absolute Gasteiger partial charge is 0.493 e. The van der Waals surface area contributed by atoms with Crippen LogP contribution in [0.4, 0.5) is 0 Å².